The average molecular weight is 443 g/mol. The third kappa shape index (κ3) is 4.42. The number of hydrogen-bond acceptors (Lipinski definition) is 7. The monoisotopic (exact) mass is 443 g/mol. The highest BCUT2D eigenvalue weighted by molar-refractivity contribution is 7.23. The molecule has 11 heteroatoms. The summed E-state index contributed by atoms with van der Waals surface area (Å²) in [5.41, 5.74) is 0.714. The molecule has 0 saturated carbocycles. The molecule has 3 N–H and O–H groups in total. The number of benzene rings is 1. The molecule has 1 aliphatic rings. The minimum Gasteiger partial charge on any atom is -0.378 e. The molecule has 0 bridgehead atoms. The van der Waals surface area contributed by atoms with E-state index >= 15 is 0 Å². The Morgan fingerprint density at radius 2 is 2.17 bits per heavy atom. The van der Waals surface area contributed by atoms with Crippen LogP contribution in [0.1, 0.15) is 17.9 Å². The summed E-state index contributed by atoms with van der Waals surface area (Å²) in [6, 6.07) is 4.68. The molecule has 0 aliphatic carbocycles. The van der Waals surface area contributed by atoms with E-state index in [4.69, 9.17) is 4.52 Å². The first-order valence-electron chi connectivity index (χ1n) is 9.55. The number of nitrogens with zero attached hydrogens (tertiary/aromatic N) is 2. The molecule has 2 atom stereocenters. The largest absolute Gasteiger partial charge is 0.393 e. The van der Waals surface area contributed by atoms with Gasteiger partial charge in [0.15, 0.2) is 0 Å². The zero-order chi connectivity index (χ0) is 21.3. The number of anilines is 1. The molecule has 0 amide bonds. The first-order chi connectivity index (χ1) is 14.4. The molecule has 162 valence electrons. The number of halogens is 4. The van der Waals surface area contributed by atoms with Gasteiger partial charge >= 0.3 is 6.18 Å². The molecule has 4 rings (SSSR count). The predicted octanol–water partition coefficient (Wildman–Crippen LogP) is 3.89. The molecule has 0 radical (unpaired) electrons. The van der Waals surface area contributed by atoms with E-state index in [0.29, 0.717) is 40.2 Å². The van der Waals surface area contributed by atoms with Crippen molar-refractivity contribution in [2.45, 2.75) is 37.8 Å². The lowest BCUT2D eigenvalue weighted by molar-refractivity contribution is -0.126. The van der Waals surface area contributed by atoms with Crippen LogP contribution in [0.25, 0.3) is 20.8 Å². The van der Waals surface area contributed by atoms with Crippen molar-refractivity contribution in [3.8, 4) is 10.7 Å². The van der Waals surface area contributed by atoms with E-state index in [0.717, 1.165) is 11.3 Å². The number of hydrogen-bond donors (Lipinski definition) is 3. The first-order valence-corrected chi connectivity index (χ1v) is 10.4. The van der Waals surface area contributed by atoms with Crippen LogP contribution in [0.3, 0.4) is 0 Å². The van der Waals surface area contributed by atoms with Crippen molar-refractivity contribution >= 4 is 27.1 Å². The molecule has 2 aromatic heterocycles. The quantitative estimate of drug-likeness (QED) is 0.502. The van der Waals surface area contributed by atoms with E-state index in [1.165, 1.54) is 0 Å². The van der Waals surface area contributed by atoms with Gasteiger partial charge in [0, 0.05) is 6.54 Å². The Labute approximate surface area is 174 Å². The number of aromatic nitrogens is 2. The molecule has 30 heavy (non-hydrogen) atoms. The summed E-state index contributed by atoms with van der Waals surface area (Å²) in [6.45, 7) is 1.24. The normalized spacial score (nSPS) is 20.0. The summed E-state index contributed by atoms with van der Waals surface area (Å²) in [5, 5.41) is 13.4. The van der Waals surface area contributed by atoms with Crippen molar-refractivity contribution in [2.24, 2.45) is 0 Å². The Morgan fingerprint density at radius 3 is 2.90 bits per heavy atom. The molecule has 3 aromatic rings. The van der Waals surface area contributed by atoms with Gasteiger partial charge in [0.25, 0.3) is 0 Å². The summed E-state index contributed by atoms with van der Waals surface area (Å²) >= 11 is 1.16. The average Bonchev–Trinajstić information content (AvgIpc) is 3.28. The number of nitrogens with one attached hydrogen (secondary N) is 3. The number of rotatable bonds is 6. The van der Waals surface area contributed by atoms with Gasteiger partial charge in [-0.2, -0.15) is 18.2 Å². The Kier molecular flexibility index (Phi) is 5.94. The molecule has 1 fully saturated rings. The summed E-state index contributed by atoms with van der Waals surface area (Å²) in [4.78, 5) is 4.54. The Balaban J connectivity index is 1.78. The van der Waals surface area contributed by atoms with Gasteiger partial charge in [0.05, 0.1) is 34.3 Å². The minimum absolute atomic E-state index is 0.102. The maximum absolute atomic E-state index is 14.3. The van der Waals surface area contributed by atoms with Crippen molar-refractivity contribution in [1.29, 1.82) is 0 Å². The van der Waals surface area contributed by atoms with Gasteiger partial charge in [-0.3, -0.25) is 0 Å². The van der Waals surface area contributed by atoms with E-state index in [1.807, 2.05) is 0 Å². The van der Waals surface area contributed by atoms with Crippen molar-refractivity contribution in [3.63, 3.8) is 0 Å². The van der Waals surface area contributed by atoms with E-state index < -0.39 is 24.8 Å². The molecule has 1 aliphatic heterocycles. The Bertz CT molecular complexity index is 1020. The van der Waals surface area contributed by atoms with Gasteiger partial charge in [-0.15, -0.1) is 11.3 Å². The summed E-state index contributed by atoms with van der Waals surface area (Å²) < 4.78 is 60.1. The number of piperidine rings is 1. The zero-order valence-corrected chi connectivity index (χ0v) is 17.0. The van der Waals surface area contributed by atoms with E-state index in [9.17, 15) is 17.6 Å². The second kappa shape index (κ2) is 8.48. The molecule has 2 unspecified atom stereocenters. The maximum atomic E-state index is 14.3. The van der Waals surface area contributed by atoms with Gasteiger partial charge in [0.1, 0.15) is 6.17 Å². The van der Waals surface area contributed by atoms with Crippen LogP contribution in [-0.4, -0.2) is 48.7 Å². The molecule has 1 aromatic carbocycles. The molecular formula is C19H21F4N5OS. The Morgan fingerprint density at radius 1 is 1.33 bits per heavy atom. The van der Waals surface area contributed by atoms with Crippen LogP contribution in [0, 0.1) is 0 Å². The van der Waals surface area contributed by atoms with Gasteiger partial charge in [0.2, 0.25) is 11.7 Å². The fourth-order valence-corrected chi connectivity index (χ4v) is 4.82. The number of alkyl halides is 4. The van der Waals surface area contributed by atoms with Gasteiger partial charge in [-0.05, 0) is 37.0 Å². The van der Waals surface area contributed by atoms with E-state index in [2.05, 4.69) is 26.1 Å². The van der Waals surface area contributed by atoms with Gasteiger partial charge in [-0.1, -0.05) is 17.3 Å². The van der Waals surface area contributed by atoms with Crippen molar-refractivity contribution < 1.29 is 22.1 Å². The summed E-state index contributed by atoms with van der Waals surface area (Å²) in [6.07, 6.45) is -6.00. The second-order valence-electron chi connectivity index (χ2n) is 7.19. The fraction of sp³-hybridized carbons (Fsp3) is 0.474. The molecule has 3 heterocycles. The topological polar surface area (TPSA) is 75.0 Å². The lowest BCUT2D eigenvalue weighted by atomic mass is 10.0. The van der Waals surface area contributed by atoms with Crippen molar-refractivity contribution in [1.82, 2.24) is 20.8 Å². The smallest absolute Gasteiger partial charge is 0.378 e. The van der Waals surface area contributed by atoms with Gasteiger partial charge in [-0.25, -0.2) is 4.39 Å². The van der Waals surface area contributed by atoms with Crippen LogP contribution in [0.15, 0.2) is 22.7 Å². The van der Waals surface area contributed by atoms with Crippen LogP contribution in [0.2, 0.25) is 0 Å². The van der Waals surface area contributed by atoms with E-state index in [-0.39, 0.29) is 23.8 Å². The molecule has 1 saturated heterocycles. The number of fused-ring (bicyclic) bond motifs is 1. The van der Waals surface area contributed by atoms with Crippen LogP contribution in [-0.2, 0) is 13.0 Å². The highest BCUT2D eigenvalue weighted by Gasteiger charge is 2.33. The number of thiophene rings is 1. The minimum atomic E-state index is -4.40. The molecule has 0 spiro atoms. The molecular weight excluding hydrogens is 422 g/mol. The standard InChI is InChI=1S/C19H21F4N5OS/c1-24-9-15-27-18(28-29-15)17-11(7-19(21,22)23)10-3-2-4-14(16(10)30-17)26-13-5-6-25-8-12(13)20/h2-4,12-13,24-26H,5-9H2,1H3. The van der Waals surface area contributed by atoms with Crippen LogP contribution >= 0.6 is 11.3 Å². The lowest BCUT2D eigenvalue weighted by Gasteiger charge is -2.28. The van der Waals surface area contributed by atoms with Gasteiger partial charge < -0.3 is 20.5 Å². The third-order valence-electron chi connectivity index (χ3n) is 4.94. The third-order valence-corrected chi connectivity index (χ3v) is 6.22. The fourth-order valence-electron chi connectivity index (χ4n) is 3.59. The second-order valence-corrected chi connectivity index (χ2v) is 8.21. The van der Waals surface area contributed by atoms with Crippen molar-refractivity contribution in [2.75, 3.05) is 25.5 Å². The zero-order valence-electron chi connectivity index (χ0n) is 16.1. The first kappa shape index (κ1) is 21.0. The summed E-state index contributed by atoms with van der Waals surface area (Å²) in [7, 11) is 1.70. The SMILES string of the molecule is CNCc1nc(-c2sc3c(NC4CCNCC4F)cccc3c2CC(F)(F)F)no1. The molecule has 6 nitrogen and oxygen atoms in total. The van der Waals surface area contributed by atoms with Crippen LogP contribution in [0.5, 0.6) is 0 Å². The van der Waals surface area contributed by atoms with Crippen LogP contribution in [0.4, 0.5) is 23.2 Å². The van der Waals surface area contributed by atoms with Crippen LogP contribution < -0.4 is 16.0 Å². The maximum Gasteiger partial charge on any atom is 0.393 e. The van der Waals surface area contributed by atoms with Crippen molar-refractivity contribution in [3.05, 3.63) is 29.7 Å². The van der Waals surface area contributed by atoms with E-state index in [1.54, 1.807) is 25.2 Å². The summed E-state index contributed by atoms with van der Waals surface area (Å²) in [5.74, 6) is 0.410. The lowest BCUT2D eigenvalue weighted by Crippen LogP contribution is -2.45. The highest BCUT2D eigenvalue weighted by atomic mass is 32.1. The Hall–Kier alpha value is -2.24. The predicted molar refractivity (Wildman–Crippen MR) is 107 cm³/mol. The highest BCUT2D eigenvalue weighted by Crippen LogP contribution is 2.43.